The van der Waals surface area contributed by atoms with E-state index >= 15 is 0 Å². The van der Waals surface area contributed by atoms with Crippen LogP contribution >= 0.6 is 0 Å². The Kier molecular flexibility index (Phi) is 6.24. The van der Waals surface area contributed by atoms with Gasteiger partial charge in [-0.15, -0.1) is 0 Å². The van der Waals surface area contributed by atoms with Gasteiger partial charge in [-0.05, 0) is 74.2 Å². The lowest BCUT2D eigenvalue weighted by Gasteiger charge is -2.38. The first kappa shape index (κ1) is 24.0. The summed E-state index contributed by atoms with van der Waals surface area (Å²) in [5.41, 5.74) is 2.91. The fraction of sp³-hybridized carbons (Fsp3) is 0.500. The zero-order valence-electron chi connectivity index (χ0n) is 21.6. The van der Waals surface area contributed by atoms with Crippen LogP contribution in [0.1, 0.15) is 50.9 Å². The molecule has 1 aliphatic carbocycles. The summed E-state index contributed by atoms with van der Waals surface area (Å²) in [6.45, 7) is 16.2. The summed E-state index contributed by atoms with van der Waals surface area (Å²) in [5, 5.41) is 7.88. The third-order valence-corrected chi connectivity index (χ3v) is 12.5. The van der Waals surface area contributed by atoms with Gasteiger partial charge in [-0.1, -0.05) is 37.8 Å². The van der Waals surface area contributed by atoms with E-state index in [-0.39, 0.29) is 11.1 Å². The van der Waals surface area contributed by atoms with Gasteiger partial charge in [0, 0.05) is 35.5 Å². The van der Waals surface area contributed by atoms with Crippen molar-refractivity contribution in [2.24, 2.45) is 17.8 Å². The van der Waals surface area contributed by atoms with E-state index in [1.807, 2.05) is 18.5 Å². The standard InChI is InChI=1S/C28H36N4O2Si/c1-19(34-35(5,6)28(2,3)4)27-30-13-14-32(27)18-22-15-26(33-31-22)21-10-7-20(8-11-21)9-12-23-24-16-29-17-25(23)24/h7-8,10-11,13-15,19,23-25,29H,16-18H2,1-6H3/t19-,23?,24-,25+/m0/s1. The maximum atomic E-state index is 6.57. The number of fused-ring (bicyclic) bond motifs is 1. The number of benzene rings is 1. The SMILES string of the molecule is C[C@H](O[Si](C)(C)C(C)(C)C)c1nccn1Cc1cc(-c2ccc(C#CC3[C@H]4CNC[C@@H]34)cc2)on1. The van der Waals surface area contributed by atoms with Crippen LogP contribution in [0.2, 0.25) is 18.1 Å². The van der Waals surface area contributed by atoms with Crippen LogP contribution in [-0.2, 0) is 11.0 Å². The molecule has 1 aromatic carbocycles. The van der Waals surface area contributed by atoms with Gasteiger partial charge in [0.2, 0.25) is 0 Å². The molecule has 0 bridgehead atoms. The normalized spacial score (nSPS) is 22.4. The number of hydrogen-bond acceptors (Lipinski definition) is 5. The number of hydrogen-bond donors (Lipinski definition) is 1. The fourth-order valence-electron chi connectivity index (χ4n) is 4.70. The van der Waals surface area contributed by atoms with Crippen molar-refractivity contribution >= 4 is 8.32 Å². The van der Waals surface area contributed by atoms with E-state index in [1.54, 1.807) is 0 Å². The molecule has 0 amide bonds. The molecule has 184 valence electrons. The van der Waals surface area contributed by atoms with Gasteiger partial charge in [0.15, 0.2) is 14.1 Å². The molecule has 0 spiro atoms. The second-order valence-corrected chi connectivity index (χ2v) is 16.2. The summed E-state index contributed by atoms with van der Waals surface area (Å²) in [6.07, 6.45) is 3.72. The zero-order chi connectivity index (χ0) is 24.8. The minimum Gasteiger partial charge on any atom is -0.407 e. The molecule has 4 atom stereocenters. The monoisotopic (exact) mass is 488 g/mol. The van der Waals surface area contributed by atoms with Crippen molar-refractivity contribution < 1.29 is 8.95 Å². The molecule has 1 aliphatic heterocycles. The van der Waals surface area contributed by atoms with Crippen LogP contribution in [0.5, 0.6) is 0 Å². The molecule has 2 aromatic heterocycles. The van der Waals surface area contributed by atoms with Gasteiger partial charge in [-0.2, -0.15) is 0 Å². The highest BCUT2D eigenvalue weighted by atomic mass is 28.4. The van der Waals surface area contributed by atoms with Gasteiger partial charge in [-0.3, -0.25) is 0 Å². The Labute approximate surface area is 209 Å². The van der Waals surface area contributed by atoms with Crippen molar-refractivity contribution in [2.75, 3.05) is 13.1 Å². The molecule has 1 saturated carbocycles. The molecule has 1 N–H and O–H groups in total. The average Bonchev–Trinajstić information content (AvgIpc) is 3.31. The van der Waals surface area contributed by atoms with Gasteiger partial charge in [0.25, 0.3) is 0 Å². The Balaban J connectivity index is 1.23. The molecule has 6 nitrogen and oxygen atoms in total. The van der Waals surface area contributed by atoms with Crippen LogP contribution < -0.4 is 5.32 Å². The lowest BCUT2D eigenvalue weighted by Crippen LogP contribution is -2.41. The van der Waals surface area contributed by atoms with Crippen LogP contribution in [0.3, 0.4) is 0 Å². The molecule has 0 radical (unpaired) electrons. The molecular weight excluding hydrogens is 452 g/mol. The minimum atomic E-state index is -1.90. The van der Waals surface area contributed by atoms with Crippen molar-refractivity contribution in [3.05, 3.63) is 59.8 Å². The maximum absolute atomic E-state index is 6.57. The summed E-state index contributed by atoms with van der Waals surface area (Å²) in [6, 6.07) is 10.2. The highest BCUT2D eigenvalue weighted by Crippen LogP contribution is 2.48. The summed E-state index contributed by atoms with van der Waals surface area (Å²) < 4.78 is 14.3. The molecule has 7 heteroatoms. The zero-order valence-corrected chi connectivity index (χ0v) is 22.6. The van der Waals surface area contributed by atoms with Crippen molar-refractivity contribution in [3.8, 4) is 23.2 Å². The summed E-state index contributed by atoms with van der Waals surface area (Å²) in [7, 11) is -1.90. The Morgan fingerprint density at radius 1 is 1.20 bits per heavy atom. The highest BCUT2D eigenvalue weighted by Gasteiger charge is 2.51. The van der Waals surface area contributed by atoms with Crippen molar-refractivity contribution in [2.45, 2.75) is 58.5 Å². The van der Waals surface area contributed by atoms with E-state index < -0.39 is 8.32 Å². The summed E-state index contributed by atoms with van der Waals surface area (Å²) in [5.74, 6) is 10.6. The van der Waals surface area contributed by atoms with Gasteiger partial charge >= 0.3 is 0 Å². The quantitative estimate of drug-likeness (QED) is 0.367. The number of rotatable bonds is 6. The van der Waals surface area contributed by atoms with Gasteiger partial charge < -0.3 is 18.8 Å². The molecule has 1 unspecified atom stereocenters. The summed E-state index contributed by atoms with van der Waals surface area (Å²) in [4.78, 5) is 4.59. The van der Waals surface area contributed by atoms with Gasteiger partial charge in [-0.25, -0.2) is 4.98 Å². The average molecular weight is 489 g/mol. The van der Waals surface area contributed by atoms with Crippen LogP contribution in [0.25, 0.3) is 11.3 Å². The first-order valence-electron chi connectivity index (χ1n) is 12.6. The molecule has 35 heavy (non-hydrogen) atoms. The van der Waals surface area contributed by atoms with Gasteiger partial charge in [0.1, 0.15) is 17.6 Å². The number of piperidine rings is 1. The van der Waals surface area contributed by atoms with E-state index in [0.29, 0.717) is 12.5 Å². The third-order valence-electron chi connectivity index (χ3n) is 7.92. The summed E-state index contributed by atoms with van der Waals surface area (Å²) >= 11 is 0. The topological polar surface area (TPSA) is 65.1 Å². The van der Waals surface area contributed by atoms with E-state index in [2.05, 4.69) is 96.9 Å². The number of aromatic nitrogens is 3. The minimum absolute atomic E-state index is 0.0858. The largest absolute Gasteiger partial charge is 0.407 e. The third kappa shape index (κ3) is 5.01. The van der Waals surface area contributed by atoms with Crippen LogP contribution in [-0.4, -0.2) is 36.1 Å². The highest BCUT2D eigenvalue weighted by molar-refractivity contribution is 6.74. The predicted octanol–water partition coefficient (Wildman–Crippen LogP) is 5.49. The molecule has 1 saturated heterocycles. The van der Waals surface area contributed by atoms with Crippen molar-refractivity contribution in [1.29, 1.82) is 0 Å². The number of imidazole rings is 1. The number of nitrogens with zero attached hydrogens (tertiary/aromatic N) is 3. The van der Waals surface area contributed by atoms with Gasteiger partial charge in [0.05, 0.1) is 6.54 Å². The maximum Gasteiger partial charge on any atom is 0.193 e. The van der Waals surface area contributed by atoms with Crippen LogP contribution in [0.4, 0.5) is 0 Å². The number of nitrogens with one attached hydrogen (secondary N) is 1. The Bertz CT molecular complexity index is 1230. The fourth-order valence-corrected chi connectivity index (χ4v) is 6.04. The molecule has 2 aliphatic rings. The van der Waals surface area contributed by atoms with E-state index in [0.717, 1.165) is 53.3 Å². The van der Waals surface area contributed by atoms with Crippen molar-refractivity contribution in [1.82, 2.24) is 20.0 Å². The Hall–Kier alpha value is -2.66. The predicted molar refractivity (Wildman–Crippen MR) is 140 cm³/mol. The molecule has 3 heterocycles. The van der Waals surface area contributed by atoms with E-state index in [9.17, 15) is 0 Å². The second kappa shape index (κ2) is 9.09. The molecule has 5 rings (SSSR count). The molecule has 3 aromatic rings. The molecule has 2 fully saturated rings. The van der Waals surface area contributed by atoms with Crippen LogP contribution in [0, 0.1) is 29.6 Å². The lowest BCUT2D eigenvalue weighted by atomic mass is 10.1. The smallest absolute Gasteiger partial charge is 0.193 e. The second-order valence-electron chi connectivity index (χ2n) is 11.5. The first-order valence-corrected chi connectivity index (χ1v) is 15.5. The van der Waals surface area contributed by atoms with E-state index in [4.69, 9.17) is 8.95 Å². The first-order chi connectivity index (χ1) is 16.6. The van der Waals surface area contributed by atoms with Crippen LogP contribution in [0.15, 0.2) is 47.2 Å². The Morgan fingerprint density at radius 2 is 1.91 bits per heavy atom. The molecular formula is C28H36N4O2Si. The van der Waals surface area contributed by atoms with E-state index in [1.165, 1.54) is 0 Å². The van der Waals surface area contributed by atoms with Crippen molar-refractivity contribution in [3.63, 3.8) is 0 Å². The Morgan fingerprint density at radius 3 is 2.60 bits per heavy atom. The lowest BCUT2D eigenvalue weighted by molar-refractivity contribution is 0.189.